The highest BCUT2D eigenvalue weighted by Crippen LogP contribution is 2.38. The van der Waals surface area contributed by atoms with Gasteiger partial charge in [0.1, 0.15) is 8.07 Å². The van der Waals surface area contributed by atoms with E-state index in [0.29, 0.717) is 0 Å². The van der Waals surface area contributed by atoms with Crippen molar-refractivity contribution >= 4 is 61.9 Å². The van der Waals surface area contributed by atoms with Crippen LogP contribution in [0.25, 0.3) is 77.1 Å². The molecular formula is C39H27N3Si. The molecule has 0 bridgehead atoms. The molecule has 43 heavy (non-hydrogen) atoms. The summed E-state index contributed by atoms with van der Waals surface area (Å²) in [6.07, 6.45) is 1.84. The second kappa shape index (κ2) is 8.90. The van der Waals surface area contributed by atoms with Gasteiger partial charge in [0.25, 0.3) is 0 Å². The summed E-state index contributed by atoms with van der Waals surface area (Å²) in [7, 11) is -1.89. The van der Waals surface area contributed by atoms with Gasteiger partial charge < -0.3 is 0 Å². The molecule has 0 saturated carbocycles. The normalized spacial score (nSPS) is 13.5. The molecule has 0 saturated heterocycles. The summed E-state index contributed by atoms with van der Waals surface area (Å²) in [5.74, 6) is 0. The number of nitrogens with zero attached hydrogens (tertiary/aromatic N) is 3. The van der Waals surface area contributed by atoms with Gasteiger partial charge in [0, 0.05) is 38.9 Å². The summed E-state index contributed by atoms with van der Waals surface area (Å²) in [6.45, 7) is 4.97. The van der Waals surface area contributed by atoms with Crippen LogP contribution in [0.3, 0.4) is 0 Å². The highest BCUT2D eigenvalue weighted by Gasteiger charge is 2.39. The maximum Gasteiger partial charge on any atom is 0.114 e. The third-order valence-electron chi connectivity index (χ3n) is 9.27. The molecule has 0 radical (unpaired) electrons. The summed E-state index contributed by atoms with van der Waals surface area (Å²) in [6, 6.07) is 43.5. The quantitative estimate of drug-likeness (QED) is 0.156. The smallest absolute Gasteiger partial charge is 0.114 e. The van der Waals surface area contributed by atoms with Crippen LogP contribution in [0.1, 0.15) is 0 Å². The van der Waals surface area contributed by atoms with Crippen LogP contribution in [0.2, 0.25) is 13.1 Å². The zero-order valence-electron chi connectivity index (χ0n) is 24.0. The molecule has 4 heteroatoms. The van der Waals surface area contributed by atoms with Crippen molar-refractivity contribution in [3.8, 4) is 33.6 Å². The molecular weight excluding hydrogens is 539 g/mol. The van der Waals surface area contributed by atoms with Gasteiger partial charge in [-0.05, 0) is 45.1 Å². The molecule has 3 nitrogen and oxygen atoms in total. The van der Waals surface area contributed by atoms with E-state index >= 15 is 0 Å². The zero-order chi connectivity index (χ0) is 28.7. The molecule has 4 heterocycles. The molecule has 0 atom stereocenters. The fourth-order valence-electron chi connectivity index (χ4n) is 7.22. The van der Waals surface area contributed by atoms with Crippen LogP contribution in [-0.2, 0) is 0 Å². The number of aromatic nitrogens is 3. The molecule has 5 aromatic carbocycles. The summed E-state index contributed by atoms with van der Waals surface area (Å²) in [5, 5.41) is 9.03. The number of pyridine rings is 3. The van der Waals surface area contributed by atoms with E-state index < -0.39 is 8.07 Å². The van der Waals surface area contributed by atoms with Gasteiger partial charge in [0.05, 0.1) is 27.9 Å². The molecule has 0 aliphatic carbocycles. The molecule has 0 N–H and O–H groups in total. The molecule has 8 aromatic rings. The molecule has 1 aliphatic heterocycles. The van der Waals surface area contributed by atoms with Crippen molar-refractivity contribution in [3.63, 3.8) is 0 Å². The predicted molar refractivity (Wildman–Crippen MR) is 183 cm³/mol. The van der Waals surface area contributed by atoms with Crippen LogP contribution in [-0.4, -0.2) is 23.0 Å². The lowest BCUT2D eigenvalue weighted by molar-refractivity contribution is 1.37. The first-order valence-electron chi connectivity index (χ1n) is 14.8. The maximum atomic E-state index is 5.36. The van der Waals surface area contributed by atoms with Crippen molar-refractivity contribution in [3.05, 3.63) is 128 Å². The molecule has 9 rings (SSSR count). The Labute approximate surface area is 250 Å². The lowest BCUT2D eigenvalue weighted by Crippen LogP contribution is -2.49. The second-order valence-corrected chi connectivity index (χ2v) is 16.3. The Hall–Kier alpha value is -5.19. The largest absolute Gasteiger partial charge is 0.254 e. The lowest BCUT2D eigenvalue weighted by Gasteiger charge is -2.22. The molecule has 1 aliphatic rings. The average Bonchev–Trinajstić information content (AvgIpc) is 3.30. The lowest BCUT2D eigenvalue weighted by atomic mass is 9.96. The highest BCUT2D eigenvalue weighted by atomic mass is 28.3. The Bertz CT molecular complexity index is 2430. The summed E-state index contributed by atoms with van der Waals surface area (Å²) in [5.41, 5.74) is 9.86. The third-order valence-corrected chi connectivity index (χ3v) is 12.8. The van der Waals surface area contributed by atoms with Crippen molar-refractivity contribution in [1.82, 2.24) is 15.0 Å². The minimum atomic E-state index is -1.89. The van der Waals surface area contributed by atoms with E-state index in [-0.39, 0.29) is 0 Å². The minimum absolute atomic E-state index is 0.933. The fourth-order valence-corrected chi connectivity index (χ4v) is 10.7. The van der Waals surface area contributed by atoms with Gasteiger partial charge >= 0.3 is 0 Å². The number of rotatable bonds is 2. The third kappa shape index (κ3) is 3.50. The van der Waals surface area contributed by atoms with E-state index in [0.717, 1.165) is 49.8 Å². The van der Waals surface area contributed by atoms with Crippen LogP contribution in [0.5, 0.6) is 0 Å². The number of hydrogen-bond acceptors (Lipinski definition) is 3. The van der Waals surface area contributed by atoms with E-state index in [1.807, 2.05) is 12.3 Å². The molecule has 0 unspecified atom stereocenters. The topological polar surface area (TPSA) is 38.7 Å². The Morgan fingerprint density at radius 3 is 2.12 bits per heavy atom. The van der Waals surface area contributed by atoms with E-state index in [4.69, 9.17) is 9.97 Å². The van der Waals surface area contributed by atoms with Gasteiger partial charge in [-0.2, -0.15) is 0 Å². The first kappa shape index (κ1) is 24.4. The number of hydrogen-bond donors (Lipinski definition) is 0. The van der Waals surface area contributed by atoms with Gasteiger partial charge in [-0.25, -0.2) is 9.97 Å². The predicted octanol–water partition coefficient (Wildman–Crippen LogP) is 8.62. The summed E-state index contributed by atoms with van der Waals surface area (Å²) >= 11 is 0. The second-order valence-electron chi connectivity index (χ2n) is 12.0. The van der Waals surface area contributed by atoms with Gasteiger partial charge in [-0.3, -0.25) is 4.98 Å². The monoisotopic (exact) mass is 565 g/mol. The Morgan fingerprint density at radius 2 is 1.26 bits per heavy atom. The first-order valence-corrected chi connectivity index (χ1v) is 17.8. The van der Waals surface area contributed by atoms with Gasteiger partial charge in [0.15, 0.2) is 0 Å². The van der Waals surface area contributed by atoms with Crippen LogP contribution in [0, 0.1) is 0 Å². The van der Waals surface area contributed by atoms with E-state index in [9.17, 15) is 0 Å². The Kier molecular flexibility index (Phi) is 5.05. The van der Waals surface area contributed by atoms with Crippen LogP contribution < -0.4 is 10.4 Å². The van der Waals surface area contributed by atoms with E-state index in [1.165, 1.54) is 37.7 Å². The SMILES string of the molecule is C[Si]1(C)c2ccccc2-c2ccc3nc(-c4ccc(-c5ccc6ccc7cccnc7c6n5)cc4)c4ccccc4c3c21. The van der Waals surface area contributed by atoms with E-state index in [1.54, 1.807) is 0 Å². The van der Waals surface area contributed by atoms with Crippen molar-refractivity contribution in [2.45, 2.75) is 13.1 Å². The van der Waals surface area contributed by atoms with Crippen molar-refractivity contribution in [2.24, 2.45) is 0 Å². The molecule has 0 spiro atoms. The molecule has 0 amide bonds. The van der Waals surface area contributed by atoms with Gasteiger partial charge in [-0.1, -0.05) is 116 Å². The van der Waals surface area contributed by atoms with Crippen molar-refractivity contribution < 1.29 is 0 Å². The van der Waals surface area contributed by atoms with E-state index in [2.05, 4.69) is 133 Å². The van der Waals surface area contributed by atoms with Crippen molar-refractivity contribution in [2.75, 3.05) is 0 Å². The number of benzene rings is 5. The molecule has 202 valence electrons. The van der Waals surface area contributed by atoms with Crippen LogP contribution in [0.4, 0.5) is 0 Å². The van der Waals surface area contributed by atoms with Crippen LogP contribution in [0.15, 0.2) is 128 Å². The Morgan fingerprint density at radius 1 is 0.535 bits per heavy atom. The summed E-state index contributed by atoms with van der Waals surface area (Å²) < 4.78 is 0. The molecule has 3 aromatic heterocycles. The minimum Gasteiger partial charge on any atom is -0.254 e. The fraction of sp³-hybridized carbons (Fsp3) is 0.0513. The molecule has 0 fully saturated rings. The standard InChI is InChI=1S/C39H27N3Si/c1-43(2)34-12-6-5-9-28(34)31-20-22-33-35(39(31)43)29-10-3-4-11-30(29)36(42-33)26-15-13-24(14-16-26)32-21-19-27-18-17-25-8-7-23-40-37(25)38(27)41-32/h3-23H,1-2H3. The Balaban J connectivity index is 1.20. The highest BCUT2D eigenvalue weighted by molar-refractivity contribution is 7.05. The average molecular weight is 566 g/mol. The van der Waals surface area contributed by atoms with Crippen molar-refractivity contribution in [1.29, 1.82) is 0 Å². The first-order chi connectivity index (χ1) is 21.1. The van der Waals surface area contributed by atoms with Gasteiger partial charge in [-0.15, -0.1) is 0 Å². The summed E-state index contributed by atoms with van der Waals surface area (Å²) in [4.78, 5) is 15.0. The number of fused-ring (bicyclic) bond motifs is 10. The zero-order valence-corrected chi connectivity index (χ0v) is 25.0. The van der Waals surface area contributed by atoms with Gasteiger partial charge in [0.2, 0.25) is 0 Å². The maximum absolute atomic E-state index is 5.36. The van der Waals surface area contributed by atoms with Crippen LogP contribution >= 0.6 is 0 Å².